The van der Waals surface area contributed by atoms with E-state index in [2.05, 4.69) is 36.3 Å². The number of anilines is 1. The number of nitrogens with zero attached hydrogens (tertiary/aromatic N) is 2. The van der Waals surface area contributed by atoms with Crippen LogP contribution in [0.2, 0.25) is 0 Å². The molecule has 13 heavy (non-hydrogen) atoms. The molecular formula is C9H17N3S. The zero-order valence-electron chi connectivity index (χ0n) is 8.50. The van der Waals surface area contributed by atoms with Gasteiger partial charge in [-0.15, -0.1) is 10.2 Å². The lowest BCUT2D eigenvalue weighted by Gasteiger charge is -1.97. The van der Waals surface area contributed by atoms with Crippen molar-refractivity contribution < 1.29 is 0 Å². The Morgan fingerprint density at radius 1 is 1.38 bits per heavy atom. The second-order valence-electron chi connectivity index (χ2n) is 3.53. The van der Waals surface area contributed by atoms with Crippen molar-refractivity contribution in [3.8, 4) is 0 Å². The van der Waals surface area contributed by atoms with Crippen LogP contribution in [0.5, 0.6) is 0 Å². The van der Waals surface area contributed by atoms with E-state index in [0.717, 1.165) is 29.5 Å². The van der Waals surface area contributed by atoms with Gasteiger partial charge in [-0.1, -0.05) is 32.1 Å². The van der Waals surface area contributed by atoms with Crippen molar-refractivity contribution in [3.05, 3.63) is 5.01 Å². The molecule has 0 saturated carbocycles. The minimum Gasteiger partial charge on any atom is -0.360 e. The maximum Gasteiger partial charge on any atom is 0.205 e. The Labute approximate surface area is 83.6 Å². The van der Waals surface area contributed by atoms with E-state index >= 15 is 0 Å². The summed E-state index contributed by atoms with van der Waals surface area (Å²) in [7, 11) is 0. The van der Waals surface area contributed by atoms with Gasteiger partial charge in [0.15, 0.2) is 0 Å². The van der Waals surface area contributed by atoms with Gasteiger partial charge in [-0.05, 0) is 12.3 Å². The molecule has 0 atom stereocenters. The molecule has 1 aromatic rings. The molecule has 1 N–H and O–H groups in total. The summed E-state index contributed by atoms with van der Waals surface area (Å²) in [6.45, 7) is 7.51. The number of rotatable bonds is 5. The van der Waals surface area contributed by atoms with Crippen molar-refractivity contribution in [2.45, 2.75) is 33.6 Å². The monoisotopic (exact) mass is 199 g/mol. The maximum atomic E-state index is 4.12. The second kappa shape index (κ2) is 5.17. The van der Waals surface area contributed by atoms with Crippen LogP contribution in [-0.2, 0) is 6.42 Å². The normalized spacial score (nSPS) is 10.8. The van der Waals surface area contributed by atoms with Gasteiger partial charge in [0.1, 0.15) is 5.01 Å². The predicted octanol–water partition coefficient (Wildman–Crippen LogP) is 2.56. The highest BCUT2D eigenvalue weighted by atomic mass is 32.1. The van der Waals surface area contributed by atoms with Crippen molar-refractivity contribution in [1.29, 1.82) is 0 Å². The van der Waals surface area contributed by atoms with Crippen LogP contribution in [0.4, 0.5) is 5.13 Å². The fraction of sp³-hybridized carbons (Fsp3) is 0.778. The first-order chi connectivity index (χ1) is 6.22. The number of aromatic nitrogens is 2. The minimum atomic E-state index is 0.659. The van der Waals surface area contributed by atoms with Crippen LogP contribution in [0.15, 0.2) is 0 Å². The van der Waals surface area contributed by atoms with E-state index in [4.69, 9.17) is 0 Å². The first kappa shape index (κ1) is 10.4. The molecule has 4 heteroatoms. The minimum absolute atomic E-state index is 0.659. The third kappa shape index (κ3) is 3.72. The lowest BCUT2D eigenvalue weighted by molar-refractivity contribution is 0.640. The topological polar surface area (TPSA) is 37.8 Å². The molecule has 1 rings (SSSR count). The number of hydrogen-bond donors (Lipinski definition) is 1. The Balaban J connectivity index is 2.44. The van der Waals surface area contributed by atoms with E-state index in [1.807, 2.05) is 0 Å². The van der Waals surface area contributed by atoms with Crippen molar-refractivity contribution >= 4 is 16.5 Å². The molecule has 0 unspecified atom stereocenters. The average molecular weight is 199 g/mol. The van der Waals surface area contributed by atoms with Gasteiger partial charge in [-0.3, -0.25) is 0 Å². The standard InChI is InChI=1S/C9H17N3S/c1-4-5-10-9-12-11-8(13-9)6-7(2)3/h7H,4-6H2,1-3H3,(H,10,12). The molecule has 0 aromatic carbocycles. The Kier molecular flexibility index (Phi) is 4.15. The molecule has 1 aromatic heterocycles. The van der Waals surface area contributed by atoms with Gasteiger partial charge in [0.05, 0.1) is 0 Å². The van der Waals surface area contributed by atoms with Gasteiger partial charge in [0, 0.05) is 13.0 Å². The molecule has 0 saturated heterocycles. The van der Waals surface area contributed by atoms with E-state index in [9.17, 15) is 0 Å². The number of hydrogen-bond acceptors (Lipinski definition) is 4. The molecule has 0 aliphatic carbocycles. The Morgan fingerprint density at radius 2 is 2.15 bits per heavy atom. The van der Waals surface area contributed by atoms with Crippen molar-refractivity contribution in [2.24, 2.45) is 5.92 Å². The zero-order chi connectivity index (χ0) is 9.68. The first-order valence-electron chi connectivity index (χ1n) is 4.78. The van der Waals surface area contributed by atoms with Gasteiger partial charge in [0.25, 0.3) is 0 Å². The highest BCUT2D eigenvalue weighted by molar-refractivity contribution is 7.15. The summed E-state index contributed by atoms with van der Waals surface area (Å²) in [6, 6.07) is 0. The van der Waals surface area contributed by atoms with E-state index in [1.54, 1.807) is 11.3 Å². The van der Waals surface area contributed by atoms with Gasteiger partial charge >= 0.3 is 0 Å². The van der Waals surface area contributed by atoms with Gasteiger partial charge in [-0.25, -0.2) is 0 Å². The van der Waals surface area contributed by atoms with Crippen molar-refractivity contribution in [3.63, 3.8) is 0 Å². The first-order valence-corrected chi connectivity index (χ1v) is 5.60. The lowest BCUT2D eigenvalue weighted by Crippen LogP contribution is -1.98. The smallest absolute Gasteiger partial charge is 0.205 e. The summed E-state index contributed by atoms with van der Waals surface area (Å²) in [5.41, 5.74) is 0. The fourth-order valence-electron chi connectivity index (χ4n) is 0.989. The molecule has 0 aliphatic rings. The van der Waals surface area contributed by atoms with Gasteiger partial charge in [0.2, 0.25) is 5.13 Å². The van der Waals surface area contributed by atoms with Crippen molar-refractivity contribution in [2.75, 3.05) is 11.9 Å². The lowest BCUT2D eigenvalue weighted by atomic mass is 10.1. The van der Waals surface area contributed by atoms with E-state index in [1.165, 1.54) is 0 Å². The summed E-state index contributed by atoms with van der Waals surface area (Å²) >= 11 is 1.67. The van der Waals surface area contributed by atoms with Gasteiger partial charge < -0.3 is 5.32 Å². The molecule has 0 spiro atoms. The zero-order valence-corrected chi connectivity index (χ0v) is 9.32. The summed E-state index contributed by atoms with van der Waals surface area (Å²) in [6.07, 6.45) is 2.16. The van der Waals surface area contributed by atoms with Crippen LogP contribution in [0.3, 0.4) is 0 Å². The maximum absolute atomic E-state index is 4.12. The van der Waals surface area contributed by atoms with E-state index < -0.39 is 0 Å². The highest BCUT2D eigenvalue weighted by Crippen LogP contribution is 2.17. The van der Waals surface area contributed by atoms with Crippen LogP contribution >= 0.6 is 11.3 Å². The molecule has 3 nitrogen and oxygen atoms in total. The van der Waals surface area contributed by atoms with Gasteiger partial charge in [-0.2, -0.15) is 0 Å². The fourth-order valence-corrected chi connectivity index (χ4v) is 1.97. The quantitative estimate of drug-likeness (QED) is 0.792. The number of nitrogens with one attached hydrogen (secondary N) is 1. The van der Waals surface area contributed by atoms with Crippen LogP contribution in [-0.4, -0.2) is 16.7 Å². The largest absolute Gasteiger partial charge is 0.360 e. The molecule has 1 heterocycles. The summed E-state index contributed by atoms with van der Waals surface area (Å²) < 4.78 is 0. The van der Waals surface area contributed by atoms with Crippen LogP contribution in [0.1, 0.15) is 32.2 Å². The van der Waals surface area contributed by atoms with Crippen LogP contribution < -0.4 is 5.32 Å². The highest BCUT2D eigenvalue weighted by Gasteiger charge is 2.04. The third-order valence-electron chi connectivity index (χ3n) is 1.58. The Hall–Kier alpha value is -0.640. The van der Waals surface area contributed by atoms with Crippen LogP contribution in [0.25, 0.3) is 0 Å². The SMILES string of the molecule is CCCNc1nnc(CC(C)C)s1. The van der Waals surface area contributed by atoms with Crippen LogP contribution in [0, 0.1) is 5.92 Å². The second-order valence-corrected chi connectivity index (χ2v) is 4.59. The molecule has 0 fully saturated rings. The molecule has 0 radical (unpaired) electrons. The molecule has 0 bridgehead atoms. The molecular weight excluding hydrogens is 182 g/mol. The van der Waals surface area contributed by atoms with E-state index in [0.29, 0.717) is 5.92 Å². The molecule has 74 valence electrons. The summed E-state index contributed by atoms with van der Waals surface area (Å²) in [5, 5.41) is 13.5. The van der Waals surface area contributed by atoms with E-state index in [-0.39, 0.29) is 0 Å². The molecule has 0 amide bonds. The third-order valence-corrected chi connectivity index (χ3v) is 2.48. The van der Waals surface area contributed by atoms with Crippen molar-refractivity contribution in [1.82, 2.24) is 10.2 Å². The summed E-state index contributed by atoms with van der Waals surface area (Å²) in [4.78, 5) is 0. The molecule has 0 aliphatic heterocycles. The summed E-state index contributed by atoms with van der Waals surface area (Å²) in [5.74, 6) is 0.659. The Morgan fingerprint density at radius 3 is 2.77 bits per heavy atom. The predicted molar refractivity (Wildman–Crippen MR) is 57.2 cm³/mol. The average Bonchev–Trinajstić information content (AvgIpc) is 2.48. The Bertz CT molecular complexity index is 245.